The lowest BCUT2D eigenvalue weighted by atomic mass is 9.98. The van der Waals surface area contributed by atoms with Gasteiger partial charge in [0.15, 0.2) is 0 Å². The molecule has 0 saturated heterocycles. The fraction of sp³-hybridized carbons (Fsp3) is 0.500. The Morgan fingerprint density at radius 1 is 1.31 bits per heavy atom. The predicted molar refractivity (Wildman–Crippen MR) is 55.9 cm³/mol. The van der Waals surface area contributed by atoms with Crippen LogP contribution in [0.1, 0.15) is 30.0 Å². The van der Waals surface area contributed by atoms with Crippen LogP contribution >= 0.6 is 0 Å². The van der Waals surface area contributed by atoms with Gasteiger partial charge in [-0.1, -0.05) is 25.1 Å². The molecule has 1 rings (SSSR count). The van der Waals surface area contributed by atoms with Crippen LogP contribution in [0, 0.1) is 13.8 Å². The van der Waals surface area contributed by atoms with Crippen LogP contribution in [-0.4, -0.2) is 11.2 Å². The summed E-state index contributed by atoms with van der Waals surface area (Å²) in [5.41, 5.74) is 3.89. The van der Waals surface area contributed by atoms with Crippen LogP contribution in [-0.2, 0) is 6.42 Å². The second-order valence-corrected chi connectivity index (χ2v) is 3.63. The topological polar surface area (TPSA) is 20.2 Å². The van der Waals surface area contributed by atoms with E-state index < -0.39 is 0 Å². The van der Waals surface area contributed by atoms with Crippen LogP contribution < -0.4 is 0 Å². The van der Waals surface area contributed by atoms with Crippen molar-refractivity contribution in [2.75, 3.05) is 0 Å². The summed E-state index contributed by atoms with van der Waals surface area (Å²) in [5, 5.41) is 9.53. The van der Waals surface area contributed by atoms with E-state index in [0.29, 0.717) is 0 Å². The maximum absolute atomic E-state index is 9.53. The average molecular weight is 178 g/mol. The predicted octanol–water partition coefficient (Wildman–Crippen LogP) is 2.62. The summed E-state index contributed by atoms with van der Waals surface area (Å²) in [7, 11) is 0. The largest absolute Gasteiger partial charge is 0.393 e. The van der Waals surface area contributed by atoms with Crippen molar-refractivity contribution in [2.45, 2.75) is 39.7 Å². The summed E-state index contributed by atoms with van der Waals surface area (Å²) in [4.78, 5) is 0. The second kappa shape index (κ2) is 4.43. The standard InChI is InChI=1S/C12H18O/c1-4-12(13)8-11-7-5-6-9(2)10(11)3/h5-7,12-13H,4,8H2,1-3H3. The molecule has 1 atom stereocenters. The number of aliphatic hydroxyl groups excluding tert-OH is 1. The van der Waals surface area contributed by atoms with E-state index in [2.05, 4.69) is 32.0 Å². The number of benzene rings is 1. The van der Waals surface area contributed by atoms with Crippen molar-refractivity contribution in [1.29, 1.82) is 0 Å². The molecule has 1 aromatic carbocycles. The lowest BCUT2D eigenvalue weighted by molar-refractivity contribution is 0.170. The van der Waals surface area contributed by atoms with Gasteiger partial charge in [-0.15, -0.1) is 0 Å². The van der Waals surface area contributed by atoms with Gasteiger partial charge in [-0.05, 0) is 43.4 Å². The molecule has 0 spiro atoms. The van der Waals surface area contributed by atoms with Crippen LogP contribution in [0.3, 0.4) is 0 Å². The first-order valence-electron chi connectivity index (χ1n) is 4.88. The van der Waals surface area contributed by atoms with E-state index in [1.54, 1.807) is 0 Å². The van der Waals surface area contributed by atoms with Crippen molar-refractivity contribution in [3.63, 3.8) is 0 Å². The van der Waals surface area contributed by atoms with Gasteiger partial charge < -0.3 is 5.11 Å². The first-order chi connectivity index (χ1) is 6.15. The first kappa shape index (κ1) is 10.3. The minimum Gasteiger partial charge on any atom is -0.393 e. The molecule has 72 valence electrons. The Balaban J connectivity index is 2.83. The molecule has 0 amide bonds. The average Bonchev–Trinajstić information content (AvgIpc) is 2.13. The monoisotopic (exact) mass is 178 g/mol. The molecule has 1 heteroatoms. The highest BCUT2D eigenvalue weighted by Crippen LogP contribution is 2.15. The molecule has 0 radical (unpaired) electrons. The van der Waals surface area contributed by atoms with Gasteiger partial charge in [-0.2, -0.15) is 0 Å². The molecule has 0 aliphatic heterocycles. The third kappa shape index (κ3) is 2.56. The molecule has 1 N–H and O–H groups in total. The molecule has 0 fully saturated rings. The van der Waals surface area contributed by atoms with Crippen LogP contribution in [0.5, 0.6) is 0 Å². The molecule has 0 aliphatic rings. The smallest absolute Gasteiger partial charge is 0.0578 e. The van der Waals surface area contributed by atoms with Gasteiger partial charge in [0.05, 0.1) is 6.10 Å². The maximum atomic E-state index is 9.53. The Morgan fingerprint density at radius 3 is 2.62 bits per heavy atom. The van der Waals surface area contributed by atoms with Crippen LogP contribution in [0.4, 0.5) is 0 Å². The maximum Gasteiger partial charge on any atom is 0.0578 e. The molecule has 1 nitrogen and oxygen atoms in total. The highest BCUT2D eigenvalue weighted by Gasteiger charge is 2.05. The van der Waals surface area contributed by atoms with Gasteiger partial charge in [-0.3, -0.25) is 0 Å². The zero-order valence-corrected chi connectivity index (χ0v) is 8.67. The minimum atomic E-state index is -0.194. The van der Waals surface area contributed by atoms with E-state index in [1.807, 2.05) is 6.92 Å². The van der Waals surface area contributed by atoms with E-state index >= 15 is 0 Å². The lowest BCUT2D eigenvalue weighted by Crippen LogP contribution is -2.09. The van der Waals surface area contributed by atoms with Gasteiger partial charge >= 0.3 is 0 Å². The Bertz CT molecular complexity index is 278. The highest BCUT2D eigenvalue weighted by molar-refractivity contribution is 5.33. The van der Waals surface area contributed by atoms with Crippen LogP contribution in [0.15, 0.2) is 18.2 Å². The van der Waals surface area contributed by atoms with Crippen LogP contribution in [0.2, 0.25) is 0 Å². The summed E-state index contributed by atoms with van der Waals surface area (Å²) >= 11 is 0. The Hall–Kier alpha value is -0.820. The number of hydrogen-bond acceptors (Lipinski definition) is 1. The van der Waals surface area contributed by atoms with Gasteiger partial charge in [0.1, 0.15) is 0 Å². The Labute approximate surface area is 80.4 Å². The summed E-state index contributed by atoms with van der Waals surface area (Å²) < 4.78 is 0. The molecular weight excluding hydrogens is 160 g/mol. The molecule has 0 bridgehead atoms. The fourth-order valence-corrected chi connectivity index (χ4v) is 1.43. The zero-order chi connectivity index (χ0) is 9.84. The molecule has 1 aromatic rings. The Kier molecular flexibility index (Phi) is 3.49. The van der Waals surface area contributed by atoms with Crippen molar-refractivity contribution in [3.8, 4) is 0 Å². The molecule has 0 aliphatic carbocycles. The second-order valence-electron chi connectivity index (χ2n) is 3.63. The van der Waals surface area contributed by atoms with Crippen molar-refractivity contribution >= 4 is 0 Å². The number of hydrogen-bond donors (Lipinski definition) is 1. The molecule has 0 aromatic heterocycles. The van der Waals surface area contributed by atoms with Crippen LogP contribution in [0.25, 0.3) is 0 Å². The number of aryl methyl sites for hydroxylation is 1. The number of aliphatic hydroxyl groups is 1. The minimum absolute atomic E-state index is 0.194. The molecule has 1 unspecified atom stereocenters. The summed E-state index contributed by atoms with van der Waals surface area (Å²) in [5.74, 6) is 0. The number of rotatable bonds is 3. The van der Waals surface area contributed by atoms with Gasteiger partial charge in [-0.25, -0.2) is 0 Å². The quantitative estimate of drug-likeness (QED) is 0.754. The summed E-state index contributed by atoms with van der Waals surface area (Å²) in [6.45, 7) is 6.24. The van der Waals surface area contributed by atoms with Gasteiger partial charge in [0.25, 0.3) is 0 Å². The summed E-state index contributed by atoms with van der Waals surface area (Å²) in [6.07, 6.45) is 1.41. The Morgan fingerprint density at radius 2 is 2.00 bits per heavy atom. The molecule has 0 heterocycles. The zero-order valence-electron chi connectivity index (χ0n) is 8.67. The highest BCUT2D eigenvalue weighted by atomic mass is 16.3. The normalized spacial score (nSPS) is 12.9. The van der Waals surface area contributed by atoms with E-state index in [4.69, 9.17) is 0 Å². The lowest BCUT2D eigenvalue weighted by Gasteiger charge is -2.11. The van der Waals surface area contributed by atoms with E-state index in [9.17, 15) is 5.11 Å². The SMILES string of the molecule is CCC(O)Cc1cccc(C)c1C. The van der Waals surface area contributed by atoms with E-state index in [-0.39, 0.29) is 6.10 Å². The third-order valence-electron chi connectivity index (χ3n) is 2.64. The molecule has 13 heavy (non-hydrogen) atoms. The van der Waals surface area contributed by atoms with Crippen molar-refractivity contribution < 1.29 is 5.11 Å². The van der Waals surface area contributed by atoms with Crippen molar-refractivity contribution in [1.82, 2.24) is 0 Å². The van der Waals surface area contributed by atoms with E-state index in [0.717, 1.165) is 12.8 Å². The van der Waals surface area contributed by atoms with Gasteiger partial charge in [0.2, 0.25) is 0 Å². The third-order valence-corrected chi connectivity index (χ3v) is 2.64. The van der Waals surface area contributed by atoms with E-state index in [1.165, 1.54) is 16.7 Å². The molecule has 0 saturated carbocycles. The van der Waals surface area contributed by atoms with Crippen molar-refractivity contribution in [2.24, 2.45) is 0 Å². The van der Waals surface area contributed by atoms with Crippen molar-refractivity contribution in [3.05, 3.63) is 34.9 Å². The summed E-state index contributed by atoms with van der Waals surface area (Å²) in [6, 6.07) is 6.26. The fourth-order valence-electron chi connectivity index (χ4n) is 1.43. The van der Waals surface area contributed by atoms with Gasteiger partial charge in [0, 0.05) is 0 Å². The molecular formula is C12H18O. The first-order valence-corrected chi connectivity index (χ1v) is 4.88.